The van der Waals surface area contributed by atoms with Gasteiger partial charge in [-0.25, -0.2) is 0 Å². The molecule has 2 aliphatic rings. The molecule has 5 heteroatoms. The zero-order chi connectivity index (χ0) is 19.5. The molecule has 0 bridgehead atoms. The van der Waals surface area contributed by atoms with E-state index in [-0.39, 0.29) is 23.8 Å². The predicted octanol–water partition coefficient (Wildman–Crippen LogP) is 3.23. The number of carbonyl (C=O) groups is 2. The van der Waals surface area contributed by atoms with Gasteiger partial charge in [-0.15, -0.1) is 0 Å². The maximum absolute atomic E-state index is 13.2. The summed E-state index contributed by atoms with van der Waals surface area (Å²) < 4.78 is 5.23. The summed E-state index contributed by atoms with van der Waals surface area (Å²) in [6.07, 6.45) is 5.73. The van der Waals surface area contributed by atoms with Gasteiger partial charge in [0.1, 0.15) is 11.8 Å². The van der Waals surface area contributed by atoms with Crippen LogP contribution in [-0.4, -0.2) is 29.9 Å². The lowest BCUT2D eigenvalue weighted by Crippen LogP contribution is -2.64. The summed E-state index contributed by atoms with van der Waals surface area (Å²) in [7, 11) is 1.61. The summed E-state index contributed by atoms with van der Waals surface area (Å²) in [5.74, 6) is 0.633. The summed E-state index contributed by atoms with van der Waals surface area (Å²) in [6.45, 7) is 0.433. The van der Waals surface area contributed by atoms with E-state index in [4.69, 9.17) is 4.74 Å². The van der Waals surface area contributed by atoms with Crippen molar-refractivity contribution in [3.05, 3.63) is 77.9 Å². The smallest absolute Gasteiger partial charge is 0.247 e. The molecule has 1 fully saturated rings. The highest BCUT2D eigenvalue weighted by molar-refractivity contribution is 5.94. The number of β-lactam (4-membered cyclic amide) rings is 1. The molecule has 4 rings (SSSR count). The van der Waals surface area contributed by atoms with Gasteiger partial charge in [0.2, 0.25) is 11.8 Å². The quantitative estimate of drug-likeness (QED) is 0.622. The Balaban J connectivity index is 1.58. The van der Waals surface area contributed by atoms with Crippen LogP contribution in [-0.2, 0) is 16.1 Å². The standard InChI is InChI=1S/C23H24N2O3/c1-28-18-13-11-17(12-14-18)21(22(26)24-15-16-7-3-2-4-8-16)25-20-10-6-5-9-19(20)23(25)27/h2-8,11-14,19-21H,9-10,15H2,1H3,(H,24,26)/t19-,20+,21?/m1/s1. The van der Waals surface area contributed by atoms with Crippen molar-refractivity contribution in [1.82, 2.24) is 10.2 Å². The number of nitrogens with zero attached hydrogens (tertiary/aromatic N) is 1. The minimum atomic E-state index is -0.630. The molecule has 1 N–H and O–H groups in total. The van der Waals surface area contributed by atoms with Crippen LogP contribution in [0.2, 0.25) is 0 Å². The fraction of sp³-hybridized carbons (Fsp3) is 0.304. The molecule has 5 nitrogen and oxygen atoms in total. The van der Waals surface area contributed by atoms with Crippen molar-refractivity contribution >= 4 is 11.8 Å². The van der Waals surface area contributed by atoms with Crippen LogP contribution in [0, 0.1) is 5.92 Å². The molecule has 144 valence electrons. The van der Waals surface area contributed by atoms with Crippen LogP contribution in [0.25, 0.3) is 0 Å². The maximum atomic E-state index is 13.2. The third-order valence-electron chi connectivity index (χ3n) is 5.60. The van der Waals surface area contributed by atoms with E-state index in [2.05, 4.69) is 17.5 Å². The molecule has 0 aromatic heterocycles. The molecule has 2 aromatic rings. The van der Waals surface area contributed by atoms with Crippen molar-refractivity contribution in [2.75, 3.05) is 7.11 Å². The second kappa shape index (κ2) is 7.89. The predicted molar refractivity (Wildman–Crippen MR) is 107 cm³/mol. The average Bonchev–Trinajstić information content (AvgIpc) is 2.76. The Bertz CT molecular complexity index is 876. The molecule has 0 saturated carbocycles. The van der Waals surface area contributed by atoms with Crippen LogP contribution < -0.4 is 10.1 Å². The van der Waals surface area contributed by atoms with E-state index in [9.17, 15) is 9.59 Å². The van der Waals surface area contributed by atoms with Crippen molar-refractivity contribution in [2.45, 2.75) is 31.5 Å². The zero-order valence-corrected chi connectivity index (χ0v) is 15.9. The van der Waals surface area contributed by atoms with E-state index in [0.29, 0.717) is 6.54 Å². The van der Waals surface area contributed by atoms with E-state index in [0.717, 1.165) is 29.7 Å². The molecule has 0 radical (unpaired) electrons. The molecule has 1 unspecified atom stereocenters. The SMILES string of the molecule is COc1ccc(C(C(=O)NCc2ccccc2)N2C(=O)[C@@H]3CC=CC[C@@H]32)cc1. The minimum absolute atomic E-state index is 0.00710. The molecule has 2 aromatic carbocycles. The lowest BCUT2D eigenvalue weighted by atomic mass is 9.77. The van der Waals surface area contributed by atoms with E-state index in [1.54, 1.807) is 12.0 Å². The molecule has 2 amide bonds. The first-order valence-corrected chi connectivity index (χ1v) is 9.62. The first-order valence-electron chi connectivity index (χ1n) is 9.62. The molecule has 0 spiro atoms. The van der Waals surface area contributed by atoms with Crippen LogP contribution in [0.3, 0.4) is 0 Å². The Hall–Kier alpha value is -3.08. The van der Waals surface area contributed by atoms with Gasteiger partial charge in [0.15, 0.2) is 0 Å². The number of rotatable bonds is 6. The third kappa shape index (κ3) is 3.40. The average molecular weight is 376 g/mol. The monoisotopic (exact) mass is 376 g/mol. The van der Waals surface area contributed by atoms with Gasteiger partial charge >= 0.3 is 0 Å². The van der Waals surface area contributed by atoms with Crippen molar-refractivity contribution in [3.8, 4) is 5.75 Å². The number of likely N-dealkylation sites (tertiary alicyclic amines) is 1. The number of ether oxygens (including phenoxy) is 1. The number of benzene rings is 2. The summed E-state index contributed by atoms with van der Waals surface area (Å²) in [4.78, 5) is 27.7. The second-order valence-corrected chi connectivity index (χ2v) is 7.24. The number of methoxy groups -OCH3 is 1. The van der Waals surface area contributed by atoms with Crippen LogP contribution in [0.5, 0.6) is 5.75 Å². The fourth-order valence-electron chi connectivity index (χ4n) is 4.07. The second-order valence-electron chi connectivity index (χ2n) is 7.24. The highest BCUT2D eigenvalue weighted by Crippen LogP contribution is 2.41. The number of nitrogens with one attached hydrogen (secondary N) is 1. The van der Waals surface area contributed by atoms with Crippen LogP contribution >= 0.6 is 0 Å². The molecule has 3 atom stereocenters. The van der Waals surface area contributed by atoms with E-state index in [1.165, 1.54) is 0 Å². The minimum Gasteiger partial charge on any atom is -0.497 e. The fourth-order valence-corrected chi connectivity index (χ4v) is 4.07. The first kappa shape index (κ1) is 18.3. The van der Waals surface area contributed by atoms with E-state index in [1.807, 2.05) is 54.6 Å². The summed E-state index contributed by atoms with van der Waals surface area (Å²) >= 11 is 0. The van der Waals surface area contributed by atoms with Crippen LogP contribution in [0.15, 0.2) is 66.7 Å². The van der Waals surface area contributed by atoms with Gasteiger partial charge in [0, 0.05) is 12.6 Å². The Morgan fingerprint density at radius 1 is 1.11 bits per heavy atom. The molecule has 28 heavy (non-hydrogen) atoms. The zero-order valence-electron chi connectivity index (χ0n) is 15.9. The van der Waals surface area contributed by atoms with E-state index < -0.39 is 6.04 Å². The van der Waals surface area contributed by atoms with Crippen LogP contribution in [0.4, 0.5) is 0 Å². The van der Waals surface area contributed by atoms with E-state index >= 15 is 0 Å². The number of carbonyl (C=O) groups excluding carboxylic acids is 2. The first-order chi connectivity index (χ1) is 13.7. The normalized spacial score (nSPS) is 21.5. The van der Waals surface area contributed by atoms with Gasteiger partial charge in [0.25, 0.3) is 0 Å². The van der Waals surface area contributed by atoms with Crippen molar-refractivity contribution < 1.29 is 14.3 Å². The Labute approximate surface area is 165 Å². The maximum Gasteiger partial charge on any atom is 0.247 e. The van der Waals surface area contributed by atoms with Crippen LogP contribution in [0.1, 0.15) is 30.0 Å². The molecule has 1 saturated heterocycles. The van der Waals surface area contributed by atoms with Crippen molar-refractivity contribution in [1.29, 1.82) is 0 Å². The largest absolute Gasteiger partial charge is 0.497 e. The van der Waals surface area contributed by atoms with Gasteiger partial charge in [0.05, 0.1) is 13.0 Å². The lowest BCUT2D eigenvalue weighted by molar-refractivity contribution is -0.165. The number of amides is 2. The highest BCUT2D eigenvalue weighted by atomic mass is 16.5. The van der Waals surface area contributed by atoms with Gasteiger partial charge < -0.3 is 15.0 Å². The molecular formula is C23H24N2O3. The molecule has 1 heterocycles. The molecule has 1 aliphatic heterocycles. The van der Waals surface area contributed by atoms with Gasteiger partial charge in [-0.3, -0.25) is 9.59 Å². The topological polar surface area (TPSA) is 58.6 Å². The summed E-state index contributed by atoms with van der Waals surface area (Å²) in [6, 6.07) is 16.6. The Morgan fingerprint density at radius 3 is 2.54 bits per heavy atom. The number of hydrogen-bond acceptors (Lipinski definition) is 3. The van der Waals surface area contributed by atoms with Gasteiger partial charge in [-0.2, -0.15) is 0 Å². The number of fused-ring (bicyclic) bond motifs is 1. The summed E-state index contributed by atoms with van der Waals surface area (Å²) in [5, 5.41) is 3.01. The molecular weight excluding hydrogens is 352 g/mol. The Kier molecular flexibility index (Phi) is 5.15. The summed E-state index contributed by atoms with van der Waals surface area (Å²) in [5.41, 5.74) is 1.82. The number of allylic oxidation sites excluding steroid dienone is 1. The lowest BCUT2D eigenvalue weighted by Gasteiger charge is -2.51. The number of hydrogen-bond donors (Lipinski definition) is 1. The van der Waals surface area contributed by atoms with Gasteiger partial charge in [-0.05, 0) is 36.1 Å². The highest BCUT2D eigenvalue weighted by Gasteiger charge is 2.51. The van der Waals surface area contributed by atoms with Gasteiger partial charge in [-0.1, -0.05) is 54.6 Å². The third-order valence-corrected chi connectivity index (χ3v) is 5.60. The van der Waals surface area contributed by atoms with Crippen molar-refractivity contribution in [3.63, 3.8) is 0 Å². The van der Waals surface area contributed by atoms with Crippen molar-refractivity contribution in [2.24, 2.45) is 5.92 Å². The Morgan fingerprint density at radius 2 is 1.82 bits per heavy atom. The molecule has 1 aliphatic carbocycles.